The predicted octanol–water partition coefficient (Wildman–Crippen LogP) is 2.93. The molecule has 0 unspecified atom stereocenters. The van der Waals surface area contributed by atoms with Crippen LogP contribution < -0.4 is 0 Å². The Morgan fingerprint density at radius 3 is 2.62 bits per heavy atom. The zero-order chi connectivity index (χ0) is 11.7. The maximum atomic E-state index is 10.8. The summed E-state index contributed by atoms with van der Waals surface area (Å²) < 4.78 is 0. The van der Waals surface area contributed by atoms with Gasteiger partial charge in [-0.2, -0.15) is 0 Å². The molecule has 0 aliphatic heterocycles. The molecular formula is C13H11NO2. The van der Waals surface area contributed by atoms with Gasteiger partial charge >= 0.3 is 5.97 Å². The van der Waals surface area contributed by atoms with Gasteiger partial charge in [-0.25, -0.2) is 4.79 Å². The van der Waals surface area contributed by atoms with Crippen LogP contribution >= 0.6 is 0 Å². The summed E-state index contributed by atoms with van der Waals surface area (Å²) in [7, 11) is 0. The highest BCUT2D eigenvalue weighted by Gasteiger charge is 2.06. The van der Waals surface area contributed by atoms with Crippen LogP contribution in [-0.2, 0) is 0 Å². The van der Waals surface area contributed by atoms with Gasteiger partial charge in [0.2, 0.25) is 0 Å². The number of hydrogen-bond donors (Lipinski definition) is 2. The molecule has 0 spiro atoms. The van der Waals surface area contributed by atoms with E-state index in [4.69, 9.17) is 10.5 Å². The maximum absolute atomic E-state index is 10.8. The Morgan fingerprint density at radius 2 is 2.00 bits per heavy atom. The fraction of sp³-hybridized carbons (Fsp3) is 0.0769. The number of nitrogens with one attached hydrogen (secondary N) is 1. The van der Waals surface area contributed by atoms with E-state index in [1.807, 2.05) is 18.2 Å². The van der Waals surface area contributed by atoms with Crippen molar-refractivity contribution in [2.24, 2.45) is 0 Å². The number of carboxylic acids is 1. The fourth-order valence-corrected chi connectivity index (χ4v) is 1.74. The minimum atomic E-state index is -0.932. The molecule has 3 heteroatoms. The number of fused-ring (bicyclic) bond motifs is 1. The molecule has 0 aliphatic carbocycles. The van der Waals surface area contributed by atoms with Gasteiger partial charge in [0.15, 0.2) is 0 Å². The van der Waals surface area contributed by atoms with E-state index in [2.05, 4.69) is 0 Å². The van der Waals surface area contributed by atoms with Crippen LogP contribution in [0.4, 0.5) is 0 Å². The Balaban J connectivity index is 2.73. The van der Waals surface area contributed by atoms with Crippen molar-refractivity contribution >= 4 is 22.5 Å². The summed E-state index contributed by atoms with van der Waals surface area (Å²) in [5, 5.41) is 18.3. The Labute approximate surface area is 92.8 Å². The van der Waals surface area contributed by atoms with Crippen LogP contribution in [0.5, 0.6) is 0 Å². The second kappa shape index (κ2) is 3.77. The van der Waals surface area contributed by atoms with E-state index < -0.39 is 5.97 Å². The molecule has 0 saturated heterocycles. The summed E-state index contributed by atoms with van der Waals surface area (Å²) in [6, 6.07) is 10.5. The number of hydrogen-bond acceptors (Lipinski definition) is 2. The molecule has 2 aromatic carbocycles. The van der Waals surface area contributed by atoms with Gasteiger partial charge in [0.25, 0.3) is 0 Å². The number of carbonyl (C=O) groups is 1. The molecular weight excluding hydrogens is 202 g/mol. The van der Waals surface area contributed by atoms with E-state index in [1.165, 1.54) is 0 Å². The molecule has 0 bridgehead atoms. The minimum Gasteiger partial charge on any atom is -0.478 e. The van der Waals surface area contributed by atoms with Gasteiger partial charge in [-0.3, -0.25) is 0 Å². The molecule has 0 aromatic heterocycles. The van der Waals surface area contributed by atoms with Crippen molar-refractivity contribution in [3.05, 3.63) is 47.5 Å². The van der Waals surface area contributed by atoms with Gasteiger partial charge in [-0.05, 0) is 29.8 Å². The first-order chi connectivity index (χ1) is 7.59. The quantitative estimate of drug-likeness (QED) is 0.753. The van der Waals surface area contributed by atoms with Crippen LogP contribution in [0.2, 0.25) is 0 Å². The minimum absolute atomic E-state index is 0.271. The first-order valence-corrected chi connectivity index (χ1v) is 4.91. The van der Waals surface area contributed by atoms with Crippen LogP contribution in [0, 0.1) is 5.41 Å². The molecule has 16 heavy (non-hydrogen) atoms. The van der Waals surface area contributed by atoms with E-state index in [-0.39, 0.29) is 5.56 Å². The van der Waals surface area contributed by atoms with Gasteiger partial charge < -0.3 is 10.5 Å². The van der Waals surface area contributed by atoms with E-state index in [1.54, 1.807) is 25.1 Å². The number of carboxylic acid groups (broad SMARTS) is 1. The van der Waals surface area contributed by atoms with Gasteiger partial charge in [0, 0.05) is 11.3 Å². The molecule has 0 saturated carbocycles. The second-order valence-electron chi connectivity index (χ2n) is 3.67. The van der Waals surface area contributed by atoms with Crippen LogP contribution in [0.25, 0.3) is 10.8 Å². The Kier molecular flexibility index (Phi) is 2.44. The summed E-state index contributed by atoms with van der Waals surface area (Å²) in [6.45, 7) is 1.72. The van der Waals surface area contributed by atoms with Gasteiger partial charge in [-0.1, -0.05) is 24.3 Å². The third-order valence-electron chi connectivity index (χ3n) is 2.53. The van der Waals surface area contributed by atoms with Crippen LogP contribution in [-0.4, -0.2) is 16.8 Å². The molecule has 3 nitrogen and oxygen atoms in total. The first kappa shape index (κ1) is 10.4. The van der Waals surface area contributed by atoms with Crippen molar-refractivity contribution in [1.82, 2.24) is 0 Å². The predicted molar refractivity (Wildman–Crippen MR) is 63.4 cm³/mol. The van der Waals surface area contributed by atoms with Gasteiger partial charge in [0.1, 0.15) is 0 Å². The highest BCUT2D eigenvalue weighted by atomic mass is 16.4. The topological polar surface area (TPSA) is 61.2 Å². The van der Waals surface area contributed by atoms with Gasteiger partial charge in [0.05, 0.1) is 5.56 Å². The van der Waals surface area contributed by atoms with Crippen molar-refractivity contribution in [2.75, 3.05) is 0 Å². The highest BCUT2D eigenvalue weighted by molar-refractivity contribution is 6.09. The Bertz CT molecular complexity index is 588. The summed E-state index contributed by atoms with van der Waals surface area (Å²) >= 11 is 0. The second-order valence-corrected chi connectivity index (χ2v) is 3.67. The van der Waals surface area contributed by atoms with E-state index in [9.17, 15) is 4.79 Å². The SMILES string of the molecule is CC(=N)c1cccc2cc(C(=O)O)ccc12. The summed E-state index contributed by atoms with van der Waals surface area (Å²) in [5.74, 6) is -0.932. The van der Waals surface area contributed by atoms with Crippen molar-refractivity contribution in [1.29, 1.82) is 5.41 Å². The number of aromatic carboxylic acids is 1. The molecule has 2 aromatic rings. The zero-order valence-electron chi connectivity index (χ0n) is 8.82. The van der Waals surface area contributed by atoms with Crippen molar-refractivity contribution < 1.29 is 9.90 Å². The average molecular weight is 213 g/mol. The molecule has 2 rings (SSSR count). The average Bonchev–Trinajstić information content (AvgIpc) is 2.27. The largest absolute Gasteiger partial charge is 0.478 e. The normalized spacial score (nSPS) is 10.3. The summed E-state index contributed by atoms with van der Waals surface area (Å²) in [4.78, 5) is 10.8. The molecule has 80 valence electrons. The molecule has 0 aliphatic rings. The lowest BCUT2D eigenvalue weighted by molar-refractivity contribution is 0.0697. The van der Waals surface area contributed by atoms with Crippen molar-refractivity contribution in [3.63, 3.8) is 0 Å². The van der Waals surface area contributed by atoms with E-state index in [0.717, 1.165) is 16.3 Å². The monoisotopic (exact) mass is 213 g/mol. The summed E-state index contributed by atoms with van der Waals surface area (Å²) in [6.07, 6.45) is 0. The third kappa shape index (κ3) is 1.67. The number of benzene rings is 2. The summed E-state index contributed by atoms with van der Waals surface area (Å²) in [5.41, 5.74) is 1.59. The molecule has 0 atom stereocenters. The van der Waals surface area contributed by atoms with Crippen molar-refractivity contribution in [3.8, 4) is 0 Å². The molecule has 0 amide bonds. The fourth-order valence-electron chi connectivity index (χ4n) is 1.74. The van der Waals surface area contributed by atoms with Crippen LogP contribution in [0.15, 0.2) is 36.4 Å². The molecule has 2 N–H and O–H groups in total. The van der Waals surface area contributed by atoms with Crippen LogP contribution in [0.1, 0.15) is 22.8 Å². The Morgan fingerprint density at radius 1 is 1.25 bits per heavy atom. The van der Waals surface area contributed by atoms with Crippen molar-refractivity contribution in [2.45, 2.75) is 6.92 Å². The van der Waals surface area contributed by atoms with Gasteiger partial charge in [-0.15, -0.1) is 0 Å². The first-order valence-electron chi connectivity index (χ1n) is 4.91. The molecule has 0 fully saturated rings. The van der Waals surface area contributed by atoms with E-state index in [0.29, 0.717) is 5.71 Å². The lowest BCUT2D eigenvalue weighted by Crippen LogP contribution is -1.97. The van der Waals surface area contributed by atoms with E-state index >= 15 is 0 Å². The lowest BCUT2D eigenvalue weighted by Gasteiger charge is -2.05. The molecule has 0 radical (unpaired) electrons. The van der Waals surface area contributed by atoms with Crippen LogP contribution in [0.3, 0.4) is 0 Å². The standard InChI is InChI=1S/C13H11NO2/c1-8(14)11-4-2-3-9-7-10(13(15)16)5-6-12(9)11/h2-7,14H,1H3,(H,15,16). The molecule has 0 heterocycles. The highest BCUT2D eigenvalue weighted by Crippen LogP contribution is 2.20. The lowest BCUT2D eigenvalue weighted by atomic mass is 10.00. The maximum Gasteiger partial charge on any atom is 0.335 e. The third-order valence-corrected chi connectivity index (χ3v) is 2.53. The number of rotatable bonds is 2. The smallest absolute Gasteiger partial charge is 0.335 e. The Hall–Kier alpha value is -2.16. The zero-order valence-corrected chi connectivity index (χ0v) is 8.82.